The van der Waals surface area contributed by atoms with Crippen molar-refractivity contribution in [3.05, 3.63) is 58.9 Å². The van der Waals surface area contributed by atoms with Gasteiger partial charge in [0.05, 0.1) is 5.92 Å². The zero-order chi connectivity index (χ0) is 18.7. The maximum atomic E-state index is 13.3. The molecule has 1 heterocycles. The molecule has 2 aromatic carbocycles. The number of hydrogen-bond donors (Lipinski definition) is 2. The summed E-state index contributed by atoms with van der Waals surface area (Å²) in [7, 11) is 0. The van der Waals surface area contributed by atoms with Crippen molar-refractivity contribution in [1.29, 1.82) is 0 Å². The van der Waals surface area contributed by atoms with Crippen LogP contribution >= 0.6 is 11.6 Å². The van der Waals surface area contributed by atoms with Gasteiger partial charge in [0.1, 0.15) is 5.82 Å². The van der Waals surface area contributed by atoms with Gasteiger partial charge in [0.15, 0.2) is 6.61 Å². The maximum absolute atomic E-state index is 13.3. The van der Waals surface area contributed by atoms with Gasteiger partial charge < -0.3 is 15.4 Å². The topological polar surface area (TPSA) is 84.5 Å². The Hall–Kier alpha value is -2.93. The number of benzene rings is 2. The summed E-state index contributed by atoms with van der Waals surface area (Å²) >= 11 is 5.83. The number of fused-ring (bicyclic) bond motifs is 1. The third-order valence-corrected chi connectivity index (χ3v) is 4.03. The smallest absolute Gasteiger partial charge is 0.314 e. The second-order valence-corrected chi connectivity index (χ2v) is 6.14. The lowest BCUT2D eigenvalue weighted by Gasteiger charge is -2.24. The SMILES string of the molecule is O=C(COC(=O)C1CC(=O)Nc2cc(F)ccc21)Nc1cccc(Cl)c1. The molecule has 3 rings (SSSR count). The van der Waals surface area contributed by atoms with Crippen molar-refractivity contribution in [2.24, 2.45) is 0 Å². The van der Waals surface area contributed by atoms with E-state index in [4.69, 9.17) is 16.3 Å². The molecule has 26 heavy (non-hydrogen) atoms. The van der Waals surface area contributed by atoms with E-state index in [2.05, 4.69) is 10.6 Å². The summed E-state index contributed by atoms with van der Waals surface area (Å²) in [5, 5.41) is 5.51. The third-order valence-electron chi connectivity index (χ3n) is 3.79. The Labute approximate surface area is 153 Å². The number of ether oxygens (including phenoxy) is 1. The second kappa shape index (κ2) is 7.53. The molecular weight excluding hydrogens is 363 g/mol. The zero-order valence-electron chi connectivity index (χ0n) is 13.4. The van der Waals surface area contributed by atoms with E-state index in [9.17, 15) is 18.8 Å². The van der Waals surface area contributed by atoms with Crippen molar-refractivity contribution in [2.75, 3.05) is 17.2 Å². The fourth-order valence-electron chi connectivity index (χ4n) is 2.65. The number of anilines is 2. The largest absolute Gasteiger partial charge is 0.455 e. The predicted molar refractivity (Wildman–Crippen MR) is 93.4 cm³/mol. The standard InChI is InChI=1S/C18H14ClFN2O4/c19-10-2-1-3-12(6-10)21-17(24)9-26-18(25)14-8-16(23)22-15-7-11(20)4-5-13(14)15/h1-7,14H,8-9H2,(H,21,24)(H,22,23). The first-order valence-corrected chi connectivity index (χ1v) is 8.11. The van der Waals surface area contributed by atoms with Crippen molar-refractivity contribution in [1.82, 2.24) is 0 Å². The Morgan fingerprint density at radius 2 is 2.08 bits per heavy atom. The number of rotatable bonds is 4. The van der Waals surface area contributed by atoms with Gasteiger partial charge in [-0.05, 0) is 35.9 Å². The van der Waals surface area contributed by atoms with Crippen LogP contribution in [0.3, 0.4) is 0 Å². The summed E-state index contributed by atoms with van der Waals surface area (Å²) in [5.41, 5.74) is 1.15. The Morgan fingerprint density at radius 3 is 2.85 bits per heavy atom. The van der Waals surface area contributed by atoms with Crippen LogP contribution in [-0.4, -0.2) is 24.4 Å². The number of halogens is 2. The molecule has 2 N–H and O–H groups in total. The number of carbonyl (C=O) groups is 3. The molecule has 0 radical (unpaired) electrons. The van der Waals surface area contributed by atoms with Crippen LogP contribution in [0.2, 0.25) is 5.02 Å². The Morgan fingerprint density at radius 1 is 1.27 bits per heavy atom. The molecule has 1 aliphatic rings. The summed E-state index contributed by atoms with van der Waals surface area (Å²) in [4.78, 5) is 35.9. The lowest BCUT2D eigenvalue weighted by atomic mass is 9.90. The summed E-state index contributed by atoms with van der Waals surface area (Å²) in [6.07, 6.45) is -0.132. The van der Waals surface area contributed by atoms with Crippen LogP contribution in [0.15, 0.2) is 42.5 Å². The molecule has 2 aromatic rings. The van der Waals surface area contributed by atoms with Crippen LogP contribution in [0.5, 0.6) is 0 Å². The summed E-state index contributed by atoms with van der Waals surface area (Å²) < 4.78 is 18.3. The van der Waals surface area contributed by atoms with E-state index in [0.29, 0.717) is 16.3 Å². The highest BCUT2D eigenvalue weighted by Gasteiger charge is 2.32. The molecule has 2 amide bonds. The second-order valence-electron chi connectivity index (χ2n) is 5.70. The quantitative estimate of drug-likeness (QED) is 0.803. The molecule has 0 spiro atoms. The number of hydrogen-bond acceptors (Lipinski definition) is 4. The van der Waals surface area contributed by atoms with E-state index in [0.717, 1.165) is 6.07 Å². The molecule has 8 heteroatoms. The minimum atomic E-state index is -0.890. The van der Waals surface area contributed by atoms with Gasteiger partial charge in [-0.25, -0.2) is 4.39 Å². The normalized spacial score (nSPS) is 15.6. The van der Waals surface area contributed by atoms with E-state index < -0.39 is 36.1 Å². The molecule has 6 nitrogen and oxygen atoms in total. The molecule has 1 unspecified atom stereocenters. The van der Waals surface area contributed by atoms with Crippen molar-refractivity contribution >= 4 is 40.8 Å². The van der Waals surface area contributed by atoms with Crippen molar-refractivity contribution in [3.63, 3.8) is 0 Å². The minimum Gasteiger partial charge on any atom is -0.455 e. The van der Waals surface area contributed by atoms with Crippen LogP contribution in [0.1, 0.15) is 17.9 Å². The van der Waals surface area contributed by atoms with E-state index >= 15 is 0 Å². The van der Waals surface area contributed by atoms with Crippen LogP contribution in [0.25, 0.3) is 0 Å². The van der Waals surface area contributed by atoms with Crippen molar-refractivity contribution in [2.45, 2.75) is 12.3 Å². The van der Waals surface area contributed by atoms with Gasteiger partial charge in [-0.1, -0.05) is 23.7 Å². The lowest BCUT2D eigenvalue weighted by molar-refractivity contribution is -0.149. The minimum absolute atomic E-state index is 0.132. The number of carbonyl (C=O) groups excluding carboxylic acids is 3. The molecule has 1 aliphatic heterocycles. The predicted octanol–water partition coefficient (Wildman–Crippen LogP) is 3.09. The molecule has 0 aliphatic carbocycles. The van der Waals surface area contributed by atoms with Crippen LogP contribution in [0, 0.1) is 5.82 Å². The monoisotopic (exact) mass is 376 g/mol. The fraction of sp³-hybridized carbons (Fsp3) is 0.167. The lowest BCUT2D eigenvalue weighted by Crippen LogP contribution is -2.30. The van der Waals surface area contributed by atoms with Crippen LogP contribution < -0.4 is 10.6 Å². The molecule has 0 bridgehead atoms. The highest BCUT2D eigenvalue weighted by molar-refractivity contribution is 6.30. The highest BCUT2D eigenvalue weighted by Crippen LogP contribution is 2.33. The Kier molecular flexibility index (Phi) is 5.18. The Bertz CT molecular complexity index is 887. The Balaban J connectivity index is 1.63. The average Bonchev–Trinajstić information content (AvgIpc) is 2.58. The molecule has 0 aromatic heterocycles. The summed E-state index contributed by atoms with van der Waals surface area (Å²) in [6.45, 7) is -0.514. The van der Waals surface area contributed by atoms with Gasteiger partial charge in [0.25, 0.3) is 5.91 Å². The zero-order valence-corrected chi connectivity index (χ0v) is 14.2. The van der Waals surface area contributed by atoms with Gasteiger partial charge in [0, 0.05) is 22.8 Å². The molecule has 0 fully saturated rings. The van der Waals surface area contributed by atoms with Gasteiger partial charge in [-0.2, -0.15) is 0 Å². The van der Waals surface area contributed by atoms with E-state index in [1.54, 1.807) is 24.3 Å². The molecule has 0 saturated carbocycles. The summed E-state index contributed by atoms with van der Waals surface area (Å²) in [5.74, 6) is -3.11. The average molecular weight is 377 g/mol. The number of amides is 2. The first kappa shape index (κ1) is 17.9. The first-order chi connectivity index (χ1) is 12.4. The van der Waals surface area contributed by atoms with E-state index in [-0.39, 0.29) is 12.1 Å². The van der Waals surface area contributed by atoms with Crippen molar-refractivity contribution in [3.8, 4) is 0 Å². The third kappa shape index (κ3) is 4.18. The number of nitrogens with one attached hydrogen (secondary N) is 2. The first-order valence-electron chi connectivity index (χ1n) is 7.74. The van der Waals surface area contributed by atoms with E-state index in [1.807, 2.05) is 0 Å². The van der Waals surface area contributed by atoms with Gasteiger partial charge in [-0.3, -0.25) is 14.4 Å². The highest BCUT2D eigenvalue weighted by atomic mass is 35.5. The molecule has 134 valence electrons. The van der Waals surface area contributed by atoms with Crippen LogP contribution in [0.4, 0.5) is 15.8 Å². The van der Waals surface area contributed by atoms with Gasteiger partial charge in [-0.15, -0.1) is 0 Å². The molecular formula is C18H14ClFN2O4. The van der Waals surface area contributed by atoms with Crippen LogP contribution in [-0.2, 0) is 19.1 Å². The van der Waals surface area contributed by atoms with Gasteiger partial charge in [0.2, 0.25) is 5.91 Å². The van der Waals surface area contributed by atoms with Crippen molar-refractivity contribution < 1.29 is 23.5 Å². The van der Waals surface area contributed by atoms with E-state index in [1.165, 1.54) is 12.1 Å². The van der Waals surface area contributed by atoms with Gasteiger partial charge >= 0.3 is 5.97 Å². The number of esters is 1. The maximum Gasteiger partial charge on any atom is 0.314 e. The summed E-state index contributed by atoms with van der Waals surface area (Å²) in [6, 6.07) is 10.3. The molecule has 0 saturated heterocycles. The molecule has 1 atom stereocenters. The fourth-order valence-corrected chi connectivity index (χ4v) is 2.84.